The lowest BCUT2D eigenvalue weighted by molar-refractivity contribution is 0.503. The maximum atomic E-state index is 12.5. The Morgan fingerprint density at radius 1 is 1.20 bits per heavy atom. The second-order valence-electron chi connectivity index (χ2n) is 5.71. The van der Waals surface area contributed by atoms with Crippen LogP contribution in [0.5, 0.6) is 0 Å². The van der Waals surface area contributed by atoms with E-state index in [1.165, 1.54) is 0 Å². The highest BCUT2D eigenvalue weighted by atomic mass is 32.2. The monoisotopic (exact) mass is 295 g/mol. The van der Waals surface area contributed by atoms with Gasteiger partial charge in [-0.05, 0) is 37.8 Å². The van der Waals surface area contributed by atoms with E-state index in [0.717, 1.165) is 44.5 Å². The fraction of sp³-hybridized carbons (Fsp3) is 0.571. The van der Waals surface area contributed by atoms with Crippen LogP contribution in [0.3, 0.4) is 0 Å². The van der Waals surface area contributed by atoms with Gasteiger partial charge in [0.05, 0.1) is 5.69 Å². The van der Waals surface area contributed by atoms with Crippen LogP contribution in [-0.2, 0) is 10.0 Å². The lowest BCUT2D eigenvalue weighted by Gasteiger charge is -2.33. The summed E-state index contributed by atoms with van der Waals surface area (Å²) in [6.07, 6.45) is 3.89. The van der Waals surface area contributed by atoms with Crippen LogP contribution in [0.1, 0.15) is 25.7 Å². The normalized spacial score (nSPS) is 23.9. The molecule has 1 saturated carbocycles. The van der Waals surface area contributed by atoms with Gasteiger partial charge in [0.1, 0.15) is 4.90 Å². The van der Waals surface area contributed by atoms with Gasteiger partial charge in [0.25, 0.3) is 0 Å². The molecule has 0 spiro atoms. The van der Waals surface area contributed by atoms with Crippen LogP contribution < -0.4 is 15.4 Å². The molecule has 1 atom stereocenters. The number of benzene rings is 1. The van der Waals surface area contributed by atoms with Gasteiger partial charge in [0, 0.05) is 25.2 Å². The molecule has 5 nitrogen and oxygen atoms in total. The fourth-order valence-electron chi connectivity index (χ4n) is 2.66. The minimum atomic E-state index is -3.43. The van der Waals surface area contributed by atoms with Crippen molar-refractivity contribution in [3.05, 3.63) is 24.3 Å². The van der Waals surface area contributed by atoms with Crippen molar-refractivity contribution in [1.82, 2.24) is 4.72 Å². The number of nitrogens with two attached hydrogens (primary N) is 1. The average molecular weight is 295 g/mol. The third kappa shape index (κ3) is 2.97. The average Bonchev–Trinajstić information content (AvgIpc) is 3.22. The number of hydrogen-bond donors (Lipinski definition) is 2. The summed E-state index contributed by atoms with van der Waals surface area (Å²) in [7, 11) is -3.43. The molecule has 3 N–H and O–H groups in total. The molecule has 0 radical (unpaired) electrons. The molecule has 0 aromatic heterocycles. The summed E-state index contributed by atoms with van der Waals surface area (Å²) in [6, 6.07) is 7.45. The van der Waals surface area contributed by atoms with Crippen LogP contribution in [0.2, 0.25) is 0 Å². The van der Waals surface area contributed by atoms with E-state index in [2.05, 4.69) is 9.62 Å². The first-order valence-corrected chi connectivity index (χ1v) is 8.66. The zero-order chi connectivity index (χ0) is 14.2. The van der Waals surface area contributed by atoms with Crippen LogP contribution in [-0.4, -0.2) is 33.6 Å². The second kappa shape index (κ2) is 5.35. The van der Waals surface area contributed by atoms with Crippen molar-refractivity contribution >= 4 is 15.7 Å². The SMILES string of the molecule is N[C@@H]1CCCN(c2ccccc2S(=O)(=O)NC2CC2)C1. The molecule has 0 unspecified atom stereocenters. The Balaban J connectivity index is 1.91. The fourth-order valence-corrected chi connectivity index (χ4v) is 4.19. The van der Waals surface area contributed by atoms with Gasteiger partial charge in [0.15, 0.2) is 0 Å². The molecule has 6 heteroatoms. The van der Waals surface area contributed by atoms with Crippen molar-refractivity contribution in [2.24, 2.45) is 5.73 Å². The maximum Gasteiger partial charge on any atom is 0.242 e. The molecule has 1 aromatic carbocycles. The Morgan fingerprint density at radius 2 is 1.95 bits per heavy atom. The highest BCUT2D eigenvalue weighted by molar-refractivity contribution is 7.89. The zero-order valence-corrected chi connectivity index (χ0v) is 12.3. The number of para-hydroxylation sites is 1. The molecule has 2 fully saturated rings. The summed E-state index contributed by atoms with van der Waals surface area (Å²) >= 11 is 0. The first-order valence-electron chi connectivity index (χ1n) is 7.18. The molecule has 3 rings (SSSR count). The highest BCUT2D eigenvalue weighted by Crippen LogP contribution is 2.29. The highest BCUT2D eigenvalue weighted by Gasteiger charge is 2.30. The van der Waals surface area contributed by atoms with E-state index in [0.29, 0.717) is 4.90 Å². The number of nitrogens with zero attached hydrogens (tertiary/aromatic N) is 1. The van der Waals surface area contributed by atoms with Crippen LogP contribution >= 0.6 is 0 Å². The zero-order valence-electron chi connectivity index (χ0n) is 11.5. The van der Waals surface area contributed by atoms with E-state index < -0.39 is 10.0 Å². The first-order chi connectivity index (χ1) is 9.56. The summed E-state index contributed by atoms with van der Waals surface area (Å²) < 4.78 is 27.7. The third-order valence-electron chi connectivity index (χ3n) is 3.85. The number of sulfonamides is 1. The minimum Gasteiger partial charge on any atom is -0.369 e. The number of hydrogen-bond acceptors (Lipinski definition) is 4. The number of rotatable bonds is 4. The van der Waals surface area contributed by atoms with E-state index in [-0.39, 0.29) is 12.1 Å². The van der Waals surface area contributed by atoms with Gasteiger partial charge in [-0.2, -0.15) is 0 Å². The number of anilines is 1. The predicted octanol–water partition coefficient (Wildman–Crippen LogP) is 1.05. The van der Waals surface area contributed by atoms with Crippen LogP contribution in [0.25, 0.3) is 0 Å². The largest absolute Gasteiger partial charge is 0.369 e. The topological polar surface area (TPSA) is 75.4 Å². The molecule has 1 saturated heterocycles. The minimum absolute atomic E-state index is 0.121. The van der Waals surface area contributed by atoms with E-state index in [1.807, 2.05) is 12.1 Å². The summed E-state index contributed by atoms with van der Waals surface area (Å²) in [5, 5.41) is 0. The third-order valence-corrected chi connectivity index (χ3v) is 5.42. The standard InChI is InChI=1S/C14H21N3O2S/c15-11-4-3-9-17(10-11)13-5-1-2-6-14(13)20(18,19)16-12-7-8-12/h1-2,5-6,11-12,16H,3-4,7-10,15H2/t11-/m1/s1. The molecule has 2 aliphatic rings. The van der Waals surface area contributed by atoms with Crippen LogP contribution in [0.4, 0.5) is 5.69 Å². The number of piperidine rings is 1. The van der Waals surface area contributed by atoms with Gasteiger partial charge in [-0.25, -0.2) is 13.1 Å². The predicted molar refractivity (Wildman–Crippen MR) is 79.2 cm³/mol. The molecule has 0 amide bonds. The quantitative estimate of drug-likeness (QED) is 0.871. The Bertz CT molecular complexity index is 584. The molecule has 110 valence electrons. The molecule has 0 bridgehead atoms. The summed E-state index contributed by atoms with van der Waals surface area (Å²) in [5.74, 6) is 0. The van der Waals surface area contributed by atoms with Gasteiger partial charge < -0.3 is 10.6 Å². The van der Waals surface area contributed by atoms with Gasteiger partial charge in [-0.3, -0.25) is 0 Å². The van der Waals surface area contributed by atoms with Crippen molar-refractivity contribution in [1.29, 1.82) is 0 Å². The Morgan fingerprint density at radius 3 is 2.65 bits per heavy atom. The van der Waals surface area contributed by atoms with E-state index in [9.17, 15) is 8.42 Å². The Hall–Kier alpha value is -1.11. The summed E-state index contributed by atoms with van der Waals surface area (Å²) in [5.41, 5.74) is 6.78. The van der Waals surface area contributed by atoms with Gasteiger partial charge in [0.2, 0.25) is 10.0 Å². The Labute approximate surface area is 120 Å². The van der Waals surface area contributed by atoms with E-state index >= 15 is 0 Å². The lowest BCUT2D eigenvalue weighted by Crippen LogP contribution is -2.43. The molecule has 20 heavy (non-hydrogen) atoms. The van der Waals surface area contributed by atoms with Crippen molar-refractivity contribution < 1.29 is 8.42 Å². The van der Waals surface area contributed by atoms with Crippen molar-refractivity contribution in [2.45, 2.75) is 42.7 Å². The van der Waals surface area contributed by atoms with Gasteiger partial charge in [-0.1, -0.05) is 12.1 Å². The smallest absolute Gasteiger partial charge is 0.242 e. The Kier molecular flexibility index (Phi) is 3.70. The maximum absolute atomic E-state index is 12.5. The van der Waals surface area contributed by atoms with Crippen molar-refractivity contribution in [3.63, 3.8) is 0 Å². The molecule has 1 aliphatic heterocycles. The molecule has 1 heterocycles. The second-order valence-corrected chi connectivity index (χ2v) is 7.39. The van der Waals surface area contributed by atoms with Gasteiger partial charge >= 0.3 is 0 Å². The van der Waals surface area contributed by atoms with Crippen LogP contribution in [0, 0.1) is 0 Å². The number of nitrogens with one attached hydrogen (secondary N) is 1. The lowest BCUT2D eigenvalue weighted by atomic mass is 10.1. The van der Waals surface area contributed by atoms with Crippen molar-refractivity contribution in [3.8, 4) is 0 Å². The van der Waals surface area contributed by atoms with Gasteiger partial charge in [-0.15, -0.1) is 0 Å². The van der Waals surface area contributed by atoms with Crippen LogP contribution in [0.15, 0.2) is 29.2 Å². The molecular weight excluding hydrogens is 274 g/mol. The molecule has 1 aromatic rings. The van der Waals surface area contributed by atoms with Crippen molar-refractivity contribution in [2.75, 3.05) is 18.0 Å². The first kappa shape index (κ1) is 13.9. The van der Waals surface area contributed by atoms with E-state index in [4.69, 9.17) is 5.73 Å². The molecule has 1 aliphatic carbocycles. The summed E-state index contributed by atoms with van der Waals surface area (Å²) in [6.45, 7) is 1.58. The summed E-state index contributed by atoms with van der Waals surface area (Å²) in [4.78, 5) is 2.47. The molecular formula is C14H21N3O2S. The van der Waals surface area contributed by atoms with E-state index in [1.54, 1.807) is 12.1 Å².